The van der Waals surface area contributed by atoms with Gasteiger partial charge in [0.1, 0.15) is 11.4 Å². The average molecular weight is 503 g/mol. The minimum Gasteiger partial charge on any atom is -0.493 e. The van der Waals surface area contributed by atoms with Gasteiger partial charge in [0, 0.05) is 30.3 Å². The van der Waals surface area contributed by atoms with Crippen LogP contribution < -0.4 is 10.5 Å². The molecule has 6 nitrogen and oxygen atoms in total. The molecule has 0 amide bonds. The molecule has 0 spiro atoms. The number of nitriles is 1. The van der Waals surface area contributed by atoms with Crippen LogP contribution in [-0.4, -0.2) is 38.4 Å². The highest BCUT2D eigenvalue weighted by Gasteiger charge is 2.44. The second-order valence-electron chi connectivity index (χ2n) is 9.64. The molecule has 0 bridgehead atoms. The number of alkyl halides is 2. The molecule has 2 aromatic rings. The Morgan fingerprint density at radius 1 is 1.26 bits per heavy atom. The number of anilines is 1. The number of halogens is 2. The molecule has 1 aliphatic rings. The number of fused-ring (bicyclic) bond motifs is 1. The van der Waals surface area contributed by atoms with E-state index in [1.165, 1.54) is 12.1 Å². The molecular formula is C26H28F2N2O4S. The number of sulfone groups is 1. The lowest BCUT2D eigenvalue weighted by Gasteiger charge is -2.36. The monoisotopic (exact) mass is 502 g/mol. The number of nitrogens with two attached hydrogens (primary N) is 1. The van der Waals surface area contributed by atoms with Gasteiger partial charge in [-0.3, -0.25) is 0 Å². The fraction of sp³-hybridized carbons (Fsp3) is 0.423. The van der Waals surface area contributed by atoms with Gasteiger partial charge in [-0.05, 0) is 54.2 Å². The topological polar surface area (TPSA) is 113 Å². The van der Waals surface area contributed by atoms with Crippen molar-refractivity contribution >= 4 is 15.5 Å². The van der Waals surface area contributed by atoms with Crippen LogP contribution in [0.5, 0.6) is 5.75 Å². The summed E-state index contributed by atoms with van der Waals surface area (Å²) in [5.41, 5.74) is 5.22. The van der Waals surface area contributed by atoms with Crippen molar-refractivity contribution in [2.75, 3.05) is 18.6 Å². The molecule has 2 aromatic carbocycles. The van der Waals surface area contributed by atoms with E-state index in [-0.39, 0.29) is 10.6 Å². The Labute approximate surface area is 204 Å². The normalized spacial score (nSPS) is 14.9. The Balaban J connectivity index is 1.97. The maximum Gasteiger partial charge on any atom is 0.267 e. The zero-order valence-corrected chi connectivity index (χ0v) is 20.9. The lowest BCUT2D eigenvalue weighted by atomic mass is 9.73. The van der Waals surface area contributed by atoms with Crippen molar-refractivity contribution in [3.8, 4) is 23.7 Å². The highest BCUT2D eigenvalue weighted by molar-refractivity contribution is 7.90. The smallest absolute Gasteiger partial charge is 0.267 e. The Kier molecular flexibility index (Phi) is 7.17. The van der Waals surface area contributed by atoms with Gasteiger partial charge in [0.15, 0.2) is 9.84 Å². The lowest BCUT2D eigenvalue weighted by molar-refractivity contribution is -0.107. The van der Waals surface area contributed by atoms with Gasteiger partial charge in [-0.1, -0.05) is 25.7 Å². The molecule has 0 saturated heterocycles. The molecule has 1 heterocycles. The van der Waals surface area contributed by atoms with Crippen LogP contribution in [0.1, 0.15) is 54.5 Å². The van der Waals surface area contributed by atoms with Crippen molar-refractivity contribution in [2.45, 2.75) is 62.4 Å². The number of hydrogen-bond donors (Lipinski definition) is 2. The Morgan fingerprint density at radius 3 is 2.51 bits per heavy atom. The predicted molar refractivity (Wildman–Crippen MR) is 129 cm³/mol. The molecule has 0 aliphatic carbocycles. The highest BCUT2D eigenvalue weighted by Crippen LogP contribution is 2.44. The van der Waals surface area contributed by atoms with E-state index in [2.05, 4.69) is 11.8 Å². The van der Waals surface area contributed by atoms with E-state index >= 15 is 0 Å². The molecule has 9 heteroatoms. The Hall–Kier alpha value is -3.14. The molecule has 3 rings (SSSR count). The summed E-state index contributed by atoms with van der Waals surface area (Å²) in [6.07, 6.45) is -2.44. The van der Waals surface area contributed by atoms with Crippen LogP contribution in [0.25, 0.3) is 0 Å². The Bertz CT molecular complexity index is 1350. The fourth-order valence-corrected chi connectivity index (χ4v) is 5.10. The minimum atomic E-state index is -3.55. The van der Waals surface area contributed by atoms with Crippen LogP contribution in [0.2, 0.25) is 0 Å². The second kappa shape index (κ2) is 9.49. The van der Waals surface area contributed by atoms with E-state index in [4.69, 9.17) is 15.7 Å². The molecule has 0 aromatic heterocycles. The minimum absolute atomic E-state index is 0.0805. The SMILES string of the molecule is Cc1cc(C#N)cc(N)c1C#CCC(O)(CC(C)(C)c1cc(S(C)(=O)=O)cc2c1OCC2)C(F)F. The Morgan fingerprint density at radius 2 is 1.94 bits per heavy atom. The molecule has 1 atom stereocenters. The van der Waals surface area contributed by atoms with Crippen LogP contribution in [-0.2, 0) is 21.7 Å². The van der Waals surface area contributed by atoms with Crippen molar-refractivity contribution in [3.63, 3.8) is 0 Å². The summed E-state index contributed by atoms with van der Waals surface area (Å²) in [6.45, 7) is 5.40. The van der Waals surface area contributed by atoms with Crippen molar-refractivity contribution in [2.24, 2.45) is 0 Å². The van der Waals surface area contributed by atoms with Crippen LogP contribution in [0.3, 0.4) is 0 Å². The number of benzene rings is 2. The number of ether oxygens (including phenoxy) is 1. The van der Waals surface area contributed by atoms with E-state index in [1.807, 2.05) is 6.07 Å². The van der Waals surface area contributed by atoms with Crippen LogP contribution >= 0.6 is 0 Å². The van der Waals surface area contributed by atoms with E-state index in [0.29, 0.717) is 46.6 Å². The van der Waals surface area contributed by atoms with Gasteiger partial charge in [-0.25, -0.2) is 17.2 Å². The average Bonchev–Trinajstić information content (AvgIpc) is 3.22. The van der Waals surface area contributed by atoms with E-state index < -0.39 is 40.1 Å². The third-order valence-corrected chi connectivity index (χ3v) is 7.26. The first-order valence-electron chi connectivity index (χ1n) is 11.0. The van der Waals surface area contributed by atoms with E-state index in [9.17, 15) is 22.3 Å². The van der Waals surface area contributed by atoms with Crippen molar-refractivity contribution in [1.29, 1.82) is 5.26 Å². The molecule has 0 fully saturated rings. The molecular weight excluding hydrogens is 474 g/mol. The van der Waals surface area contributed by atoms with Crippen LogP contribution in [0.4, 0.5) is 14.5 Å². The lowest BCUT2D eigenvalue weighted by Crippen LogP contribution is -2.43. The summed E-state index contributed by atoms with van der Waals surface area (Å²) >= 11 is 0. The van der Waals surface area contributed by atoms with Crippen molar-refractivity contribution in [1.82, 2.24) is 0 Å². The van der Waals surface area contributed by atoms with Gasteiger partial charge in [0.05, 0.1) is 28.7 Å². The molecule has 1 aliphatic heterocycles. The molecule has 3 N–H and O–H groups in total. The number of aryl methyl sites for hydroxylation is 1. The number of aliphatic hydroxyl groups is 1. The summed E-state index contributed by atoms with van der Waals surface area (Å²) in [5.74, 6) is 5.87. The van der Waals surface area contributed by atoms with Gasteiger partial charge >= 0.3 is 0 Å². The highest BCUT2D eigenvalue weighted by atomic mass is 32.2. The fourth-order valence-electron chi connectivity index (χ4n) is 4.41. The summed E-state index contributed by atoms with van der Waals surface area (Å²) in [4.78, 5) is 0.0805. The molecule has 186 valence electrons. The second-order valence-corrected chi connectivity index (χ2v) is 11.7. The van der Waals surface area contributed by atoms with Gasteiger partial charge in [-0.2, -0.15) is 5.26 Å². The first kappa shape index (κ1) is 26.5. The summed E-state index contributed by atoms with van der Waals surface area (Å²) in [6, 6.07) is 8.03. The van der Waals surface area contributed by atoms with Crippen LogP contribution in [0.15, 0.2) is 29.2 Å². The first-order valence-corrected chi connectivity index (χ1v) is 12.9. The zero-order chi connectivity index (χ0) is 26.2. The molecule has 35 heavy (non-hydrogen) atoms. The van der Waals surface area contributed by atoms with E-state index in [0.717, 1.165) is 6.26 Å². The standard InChI is InChI=1S/C26H28F2N2O4S/c1-16-10-17(14-29)11-22(30)20(16)6-5-8-26(31,24(27)28)15-25(2,3)21-13-19(35(4,32)33)12-18-7-9-34-23(18)21/h10-13,24,31H,7-9,15,30H2,1-4H3. The van der Waals surface area contributed by atoms with Gasteiger partial charge in [0.25, 0.3) is 6.43 Å². The number of nitrogen functional groups attached to an aromatic ring is 1. The van der Waals surface area contributed by atoms with E-state index in [1.54, 1.807) is 32.9 Å². The first-order chi connectivity index (χ1) is 16.2. The maximum atomic E-state index is 14.1. The third kappa shape index (κ3) is 5.58. The predicted octanol–water partition coefficient (Wildman–Crippen LogP) is 3.89. The number of hydrogen-bond acceptors (Lipinski definition) is 6. The molecule has 0 saturated carbocycles. The van der Waals surface area contributed by atoms with Gasteiger partial charge < -0.3 is 15.6 Å². The summed E-state index contributed by atoms with van der Waals surface area (Å²) < 4.78 is 58.5. The van der Waals surface area contributed by atoms with Gasteiger partial charge in [-0.15, -0.1) is 0 Å². The van der Waals surface area contributed by atoms with Gasteiger partial charge in [0.2, 0.25) is 0 Å². The largest absolute Gasteiger partial charge is 0.493 e. The maximum absolute atomic E-state index is 14.1. The zero-order valence-electron chi connectivity index (χ0n) is 20.1. The third-order valence-electron chi connectivity index (χ3n) is 6.17. The molecule has 0 radical (unpaired) electrons. The van der Waals surface area contributed by atoms with Crippen molar-refractivity contribution in [3.05, 3.63) is 52.1 Å². The number of rotatable bonds is 6. The number of nitrogens with zero attached hydrogens (tertiary/aromatic N) is 1. The quantitative estimate of drug-likeness (QED) is 0.458. The van der Waals surface area contributed by atoms with Crippen molar-refractivity contribution < 1.29 is 27.0 Å². The molecule has 1 unspecified atom stereocenters. The summed E-state index contributed by atoms with van der Waals surface area (Å²) in [7, 11) is -3.55. The van der Waals surface area contributed by atoms with Crippen LogP contribution in [0, 0.1) is 30.1 Å². The summed E-state index contributed by atoms with van der Waals surface area (Å²) in [5, 5.41) is 20.0.